The fraction of sp³-hybridized carbons (Fsp3) is 0.353. The van der Waals surface area contributed by atoms with Gasteiger partial charge in [0.2, 0.25) is 0 Å². The Morgan fingerprint density at radius 1 is 1.10 bits per heavy atom. The van der Waals surface area contributed by atoms with Crippen molar-refractivity contribution in [1.82, 2.24) is 9.88 Å². The lowest BCUT2D eigenvalue weighted by Crippen LogP contribution is -2.27. The number of aliphatic hydroxyl groups excluding tert-OH is 1. The van der Waals surface area contributed by atoms with Gasteiger partial charge in [-0.15, -0.1) is 0 Å². The van der Waals surface area contributed by atoms with Crippen LogP contribution in [-0.4, -0.2) is 28.6 Å². The Hall–Kier alpha value is -1.71. The van der Waals surface area contributed by atoms with E-state index in [1.165, 1.54) is 0 Å². The van der Waals surface area contributed by atoms with Crippen molar-refractivity contribution < 1.29 is 5.11 Å². The first-order valence-electron chi connectivity index (χ1n) is 6.98. The molecule has 106 valence electrons. The summed E-state index contributed by atoms with van der Waals surface area (Å²) < 4.78 is 0. The van der Waals surface area contributed by atoms with Crippen LogP contribution in [0.4, 0.5) is 0 Å². The Balaban J connectivity index is 1.89. The van der Waals surface area contributed by atoms with Gasteiger partial charge in [-0.05, 0) is 30.7 Å². The van der Waals surface area contributed by atoms with Crippen molar-refractivity contribution in [2.24, 2.45) is 5.92 Å². The minimum atomic E-state index is -0.428. The molecule has 0 fully saturated rings. The fourth-order valence-corrected chi connectivity index (χ4v) is 2.40. The molecule has 1 aromatic carbocycles. The maximum Gasteiger partial charge on any atom is 0.0827 e. The zero-order chi connectivity index (χ0) is 14.4. The monoisotopic (exact) mass is 270 g/mol. The molecule has 20 heavy (non-hydrogen) atoms. The SMILES string of the molecule is CC(CN(C)Cc1ccccn1)C(O)c1ccccc1. The first kappa shape index (κ1) is 14.7. The molecule has 2 unspecified atom stereocenters. The van der Waals surface area contributed by atoms with Gasteiger partial charge in [0.15, 0.2) is 0 Å². The number of pyridine rings is 1. The summed E-state index contributed by atoms with van der Waals surface area (Å²) >= 11 is 0. The number of nitrogens with zero attached hydrogens (tertiary/aromatic N) is 2. The molecule has 0 aliphatic carbocycles. The predicted octanol–water partition coefficient (Wildman–Crippen LogP) is 2.88. The quantitative estimate of drug-likeness (QED) is 0.877. The van der Waals surface area contributed by atoms with E-state index in [9.17, 15) is 5.11 Å². The molecule has 0 aliphatic heterocycles. The third-order valence-electron chi connectivity index (χ3n) is 3.44. The van der Waals surface area contributed by atoms with Crippen LogP contribution in [0, 0.1) is 5.92 Å². The van der Waals surface area contributed by atoms with Gasteiger partial charge in [-0.2, -0.15) is 0 Å². The molecule has 0 saturated heterocycles. The van der Waals surface area contributed by atoms with Gasteiger partial charge in [0.05, 0.1) is 11.8 Å². The molecule has 0 aliphatic rings. The smallest absolute Gasteiger partial charge is 0.0827 e. The Kier molecular flexibility index (Phi) is 5.27. The van der Waals surface area contributed by atoms with Crippen LogP contribution in [0.3, 0.4) is 0 Å². The van der Waals surface area contributed by atoms with Crippen LogP contribution < -0.4 is 0 Å². The Labute approximate surface area is 120 Å². The molecule has 1 N–H and O–H groups in total. The molecule has 2 atom stereocenters. The van der Waals surface area contributed by atoms with Gasteiger partial charge >= 0.3 is 0 Å². The third-order valence-corrected chi connectivity index (χ3v) is 3.44. The summed E-state index contributed by atoms with van der Waals surface area (Å²) in [6.45, 7) is 3.70. The number of hydrogen-bond acceptors (Lipinski definition) is 3. The number of aliphatic hydroxyl groups is 1. The molecule has 0 radical (unpaired) electrons. The largest absolute Gasteiger partial charge is 0.388 e. The lowest BCUT2D eigenvalue weighted by Gasteiger charge is -2.25. The van der Waals surface area contributed by atoms with Crippen LogP contribution in [0.1, 0.15) is 24.3 Å². The molecule has 0 amide bonds. The molecule has 2 rings (SSSR count). The van der Waals surface area contributed by atoms with Crippen LogP contribution in [0.5, 0.6) is 0 Å². The molecule has 1 aromatic heterocycles. The Morgan fingerprint density at radius 2 is 1.80 bits per heavy atom. The Morgan fingerprint density at radius 3 is 2.45 bits per heavy atom. The molecular formula is C17H22N2O. The van der Waals surface area contributed by atoms with Crippen molar-refractivity contribution in [2.75, 3.05) is 13.6 Å². The van der Waals surface area contributed by atoms with E-state index in [0.717, 1.165) is 24.3 Å². The molecule has 3 nitrogen and oxygen atoms in total. The third kappa shape index (κ3) is 4.15. The molecule has 2 aromatic rings. The zero-order valence-electron chi connectivity index (χ0n) is 12.1. The van der Waals surface area contributed by atoms with Crippen LogP contribution in [-0.2, 0) is 6.54 Å². The highest BCUT2D eigenvalue weighted by molar-refractivity contribution is 5.17. The van der Waals surface area contributed by atoms with E-state index in [-0.39, 0.29) is 5.92 Å². The normalized spacial score (nSPS) is 14.2. The van der Waals surface area contributed by atoms with Gasteiger partial charge in [-0.1, -0.05) is 43.3 Å². The van der Waals surface area contributed by atoms with E-state index in [1.807, 2.05) is 54.7 Å². The highest BCUT2D eigenvalue weighted by atomic mass is 16.3. The molecular weight excluding hydrogens is 248 g/mol. The summed E-state index contributed by atoms with van der Waals surface area (Å²) in [5, 5.41) is 10.4. The van der Waals surface area contributed by atoms with E-state index >= 15 is 0 Å². The van der Waals surface area contributed by atoms with Crippen LogP contribution in [0.2, 0.25) is 0 Å². The highest BCUT2D eigenvalue weighted by Gasteiger charge is 2.17. The van der Waals surface area contributed by atoms with Crippen molar-refractivity contribution in [3.8, 4) is 0 Å². The topological polar surface area (TPSA) is 36.4 Å². The highest BCUT2D eigenvalue weighted by Crippen LogP contribution is 2.22. The fourth-order valence-electron chi connectivity index (χ4n) is 2.40. The second-order valence-corrected chi connectivity index (χ2v) is 5.35. The van der Waals surface area contributed by atoms with Crippen molar-refractivity contribution >= 4 is 0 Å². The molecule has 1 heterocycles. The zero-order valence-corrected chi connectivity index (χ0v) is 12.1. The van der Waals surface area contributed by atoms with Crippen molar-refractivity contribution in [2.45, 2.75) is 19.6 Å². The minimum absolute atomic E-state index is 0.172. The predicted molar refractivity (Wildman–Crippen MR) is 81.1 cm³/mol. The van der Waals surface area contributed by atoms with Gasteiger partial charge in [-0.3, -0.25) is 4.98 Å². The standard InChI is InChI=1S/C17H22N2O/c1-14(17(20)15-8-4-3-5-9-15)12-19(2)13-16-10-6-7-11-18-16/h3-11,14,17,20H,12-13H2,1-2H3. The van der Waals surface area contributed by atoms with Crippen LogP contribution in [0.15, 0.2) is 54.7 Å². The van der Waals surface area contributed by atoms with Crippen molar-refractivity contribution in [3.63, 3.8) is 0 Å². The molecule has 0 saturated carbocycles. The Bertz CT molecular complexity index is 501. The minimum Gasteiger partial charge on any atom is -0.388 e. The van der Waals surface area contributed by atoms with E-state index in [1.54, 1.807) is 0 Å². The van der Waals surface area contributed by atoms with Crippen LogP contribution >= 0.6 is 0 Å². The van der Waals surface area contributed by atoms with Gasteiger partial charge in [0.25, 0.3) is 0 Å². The van der Waals surface area contributed by atoms with Gasteiger partial charge in [0, 0.05) is 19.3 Å². The average molecular weight is 270 g/mol. The summed E-state index contributed by atoms with van der Waals surface area (Å²) in [5.41, 5.74) is 2.03. The maximum absolute atomic E-state index is 10.4. The van der Waals surface area contributed by atoms with Gasteiger partial charge < -0.3 is 10.0 Å². The summed E-state index contributed by atoms with van der Waals surface area (Å²) in [7, 11) is 2.06. The second-order valence-electron chi connectivity index (χ2n) is 5.35. The lowest BCUT2D eigenvalue weighted by molar-refractivity contribution is 0.0930. The summed E-state index contributed by atoms with van der Waals surface area (Å²) in [6.07, 6.45) is 1.38. The average Bonchev–Trinajstić information content (AvgIpc) is 2.48. The first-order chi connectivity index (χ1) is 9.66. The number of rotatable bonds is 6. The second kappa shape index (κ2) is 7.17. The summed E-state index contributed by atoms with van der Waals surface area (Å²) in [5.74, 6) is 0.172. The number of aromatic nitrogens is 1. The first-order valence-corrected chi connectivity index (χ1v) is 6.98. The van der Waals surface area contributed by atoms with Crippen molar-refractivity contribution in [1.29, 1.82) is 0 Å². The number of hydrogen-bond donors (Lipinski definition) is 1. The van der Waals surface area contributed by atoms with Gasteiger partial charge in [-0.25, -0.2) is 0 Å². The van der Waals surface area contributed by atoms with E-state index in [4.69, 9.17) is 0 Å². The van der Waals surface area contributed by atoms with E-state index in [2.05, 4.69) is 23.9 Å². The maximum atomic E-state index is 10.4. The van der Waals surface area contributed by atoms with E-state index in [0.29, 0.717) is 0 Å². The van der Waals surface area contributed by atoms with Gasteiger partial charge in [0.1, 0.15) is 0 Å². The molecule has 3 heteroatoms. The lowest BCUT2D eigenvalue weighted by atomic mass is 9.97. The summed E-state index contributed by atoms with van der Waals surface area (Å²) in [6, 6.07) is 15.8. The molecule has 0 spiro atoms. The molecule has 0 bridgehead atoms. The van der Waals surface area contributed by atoms with Crippen molar-refractivity contribution in [3.05, 3.63) is 66.0 Å². The number of benzene rings is 1. The summed E-state index contributed by atoms with van der Waals surface area (Å²) in [4.78, 5) is 6.52. The van der Waals surface area contributed by atoms with E-state index < -0.39 is 6.10 Å². The van der Waals surface area contributed by atoms with Crippen LogP contribution in [0.25, 0.3) is 0 Å².